The van der Waals surface area contributed by atoms with Gasteiger partial charge in [0.2, 0.25) is 0 Å². The van der Waals surface area contributed by atoms with Gasteiger partial charge in [0.25, 0.3) is 5.91 Å². The first-order valence-electron chi connectivity index (χ1n) is 6.32. The maximum Gasteiger partial charge on any atom is 0.256 e. The molecule has 21 heavy (non-hydrogen) atoms. The number of rotatable bonds is 5. The van der Waals surface area contributed by atoms with Crippen molar-refractivity contribution in [3.05, 3.63) is 51.2 Å². The highest BCUT2D eigenvalue weighted by atomic mass is 35.5. The Balaban J connectivity index is 2.07. The first-order chi connectivity index (χ1) is 10.0. The number of thiophene rings is 1. The van der Waals surface area contributed by atoms with Crippen LogP contribution in [0.5, 0.6) is 5.75 Å². The Hall–Kier alpha value is -1.56. The number of nitrogens with zero attached hydrogens (tertiary/aromatic N) is 1. The van der Waals surface area contributed by atoms with Crippen LogP contribution in [0.4, 0.5) is 0 Å². The molecule has 2 aromatic rings. The maximum absolute atomic E-state index is 12.3. The van der Waals surface area contributed by atoms with Gasteiger partial charge < -0.3 is 14.7 Å². The number of ether oxygens (including phenoxy) is 1. The van der Waals surface area contributed by atoms with Crippen molar-refractivity contribution >= 4 is 28.8 Å². The van der Waals surface area contributed by atoms with Gasteiger partial charge in [0.1, 0.15) is 5.75 Å². The molecule has 0 aliphatic rings. The number of aliphatic hydroxyl groups is 1. The highest BCUT2D eigenvalue weighted by Crippen LogP contribution is 2.24. The molecule has 0 spiro atoms. The summed E-state index contributed by atoms with van der Waals surface area (Å²) in [4.78, 5) is 14.7. The van der Waals surface area contributed by atoms with Crippen molar-refractivity contribution in [2.45, 2.75) is 12.6 Å². The Morgan fingerprint density at radius 2 is 2.19 bits per heavy atom. The topological polar surface area (TPSA) is 49.8 Å². The molecule has 0 aliphatic heterocycles. The van der Waals surface area contributed by atoms with Crippen LogP contribution >= 0.6 is 22.9 Å². The predicted molar refractivity (Wildman–Crippen MR) is 83.8 cm³/mol. The maximum atomic E-state index is 12.3. The van der Waals surface area contributed by atoms with E-state index in [-0.39, 0.29) is 5.91 Å². The highest BCUT2D eigenvalue weighted by molar-refractivity contribution is 7.16. The summed E-state index contributed by atoms with van der Waals surface area (Å²) in [6.45, 7) is 0.414. The number of amides is 1. The van der Waals surface area contributed by atoms with E-state index in [0.29, 0.717) is 22.2 Å². The minimum atomic E-state index is -1.21. The molecule has 112 valence electrons. The van der Waals surface area contributed by atoms with Crippen LogP contribution in [-0.4, -0.2) is 30.1 Å². The van der Waals surface area contributed by atoms with Gasteiger partial charge in [-0.2, -0.15) is 0 Å². The number of carbonyl (C=O) groups excluding carboxylic acids is 1. The molecule has 0 saturated heterocycles. The Morgan fingerprint density at radius 3 is 2.81 bits per heavy atom. The van der Waals surface area contributed by atoms with E-state index in [4.69, 9.17) is 16.3 Å². The van der Waals surface area contributed by atoms with Gasteiger partial charge in [0.05, 0.1) is 18.0 Å². The highest BCUT2D eigenvalue weighted by Gasteiger charge is 2.22. The molecule has 1 atom stereocenters. The lowest BCUT2D eigenvalue weighted by molar-refractivity contribution is -0.139. The Bertz CT molecular complexity index is 629. The molecule has 0 radical (unpaired) electrons. The molecule has 0 aliphatic carbocycles. The van der Waals surface area contributed by atoms with E-state index in [1.54, 1.807) is 44.5 Å². The van der Waals surface area contributed by atoms with Crippen molar-refractivity contribution in [3.8, 4) is 5.75 Å². The first-order valence-corrected chi connectivity index (χ1v) is 7.52. The normalized spacial score (nSPS) is 12.0. The molecule has 0 saturated carbocycles. The van der Waals surface area contributed by atoms with Gasteiger partial charge in [-0.15, -0.1) is 11.3 Å². The number of methoxy groups -OCH3 is 1. The van der Waals surface area contributed by atoms with Crippen molar-refractivity contribution in [1.82, 2.24) is 4.90 Å². The molecule has 1 N–H and O–H groups in total. The second kappa shape index (κ2) is 6.93. The zero-order valence-corrected chi connectivity index (χ0v) is 13.3. The summed E-state index contributed by atoms with van der Waals surface area (Å²) in [6, 6.07) is 10.5. The fraction of sp³-hybridized carbons (Fsp3) is 0.267. The lowest BCUT2D eigenvalue weighted by Crippen LogP contribution is -2.31. The van der Waals surface area contributed by atoms with Crippen LogP contribution in [0.3, 0.4) is 0 Å². The van der Waals surface area contributed by atoms with Crippen LogP contribution < -0.4 is 4.74 Å². The van der Waals surface area contributed by atoms with E-state index in [0.717, 1.165) is 4.88 Å². The number of aliphatic hydroxyl groups excluding tert-OH is 1. The average Bonchev–Trinajstić information content (AvgIpc) is 2.90. The second-order valence-electron chi connectivity index (χ2n) is 4.58. The van der Waals surface area contributed by atoms with Crippen LogP contribution in [0, 0.1) is 0 Å². The molecular formula is C15H16ClNO3S. The summed E-state index contributed by atoms with van der Waals surface area (Å²) in [6.07, 6.45) is -1.21. The standard InChI is InChI=1S/C15H16ClNO3S/c1-17(9-12-6-7-13(16)21-12)15(19)14(18)10-4-3-5-11(8-10)20-2/h3-8,14,18H,9H2,1-2H3. The van der Waals surface area contributed by atoms with Gasteiger partial charge in [-0.25, -0.2) is 0 Å². The SMILES string of the molecule is COc1cccc(C(O)C(=O)N(C)Cc2ccc(Cl)s2)c1. The third-order valence-corrected chi connectivity index (χ3v) is 4.26. The van der Waals surface area contributed by atoms with Crippen molar-refractivity contribution < 1.29 is 14.6 Å². The fourth-order valence-corrected chi connectivity index (χ4v) is 3.05. The molecule has 1 aromatic carbocycles. The van der Waals surface area contributed by atoms with Crippen LogP contribution in [0.2, 0.25) is 4.34 Å². The third kappa shape index (κ3) is 3.97. The van der Waals surface area contributed by atoms with Crippen molar-refractivity contribution in [2.24, 2.45) is 0 Å². The Morgan fingerprint density at radius 1 is 1.43 bits per heavy atom. The fourth-order valence-electron chi connectivity index (χ4n) is 1.91. The van der Waals surface area contributed by atoms with Gasteiger partial charge >= 0.3 is 0 Å². The molecule has 1 unspecified atom stereocenters. The molecule has 4 nitrogen and oxygen atoms in total. The van der Waals surface area contributed by atoms with E-state index in [1.165, 1.54) is 16.2 Å². The summed E-state index contributed by atoms with van der Waals surface area (Å²) in [5, 5.41) is 10.2. The van der Waals surface area contributed by atoms with Crippen LogP contribution in [0.15, 0.2) is 36.4 Å². The van der Waals surface area contributed by atoms with E-state index in [1.807, 2.05) is 6.07 Å². The van der Waals surface area contributed by atoms with E-state index in [2.05, 4.69) is 0 Å². The number of hydrogen-bond acceptors (Lipinski definition) is 4. The van der Waals surface area contributed by atoms with Crippen molar-refractivity contribution in [3.63, 3.8) is 0 Å². The minimum Gasteiger partial charge on any atom is -0.497 e. The number of benzene rings is 1. The number of hydrogen-bond donors (Lipinski definition) is 1. The summed E-state index contributed by atoms with van der Waals surface area (Å²) in [5.41, 5.74) is 0.510. The molecule has 2 rings (SSSR count). The van der Waals surface area contributed by atoms with Crippen LogP contribution in [0.1, 0.15) is 16.5 Å². The summed E-state index contributed by atoms with van der Waals surface area (Å²) < 4.78 is 5.77. The van der Waals surface area contributed by atoms with Gasteiger partial charge in [0.15, 0.2) is 6.10 Å². The summed E-state index contributed by atoms with van der Waals surface area (Å²) in [5.74, 6) is 0.236. The molecule has 0 bridgehead atoms. The van der Waals surface area contributed by atoms with E-state index in [9.17, 15) is 9.90 Å². The first kappa shape index (κ1) is 15.8. The van der Waals surface area contributed by atoms with Gasteiger partial charge in [-0.3, -0.25) is 4.79 Å². The van der Waals surface area contributed by atoms with E-state index < -0.39 is 6.10 Å². The van der Waals surface area contributed by atoms with Crippen molar-refractivity contribution in [2.75, 3.05) is 14.2 Å². The van der Waals surface area contributed by atoms with Crippen LogP contribution in [0.25, 0.3) is 0 Å². The number of halogens is 1. The molecular weight excluding hydrogens is 310 g/mol. The van der Waals surface area contributed by atoms with Gasteiger partial charge in [0, 0.05) is 11.9 Å². The quantitative estimate of drug-likeness (QED) is 0.919. The zero-order valence-electron chi connectivity index (χ0n) is 11.7. The summed E-state index contributed by atoms with van der Waals surface area (Å²) in [7, 11) is 3.19. The van der Waals surface area contributed by atoms with Gasteiger partial charge in [-0.1, -0.05) is 23.7 Å². The average molecular weight is 326 g/mol. The minimum absolute atomic E-state index is 0.368. The lowest BCUT2D eigenvalue weighted by Gasteiger charge is -2.20. The lowest BCUT2D eigenvalue weighted by atomic mass is 10.1. The monoisotopic (exact) mass is 325 g/mol. The number of likely N-dealkylation sites (N-methyl/N-ethyl adjacent to an activating group) is 1. The molecule has 1 aromatic heterocycles. The van der Waals surface area contributed by atoms with Gasteiger partial charge in [-0.05, 0) is 29.8 Å². The Labute approximate surface area is 132 Å². The zero-order chi connectivity index (χ0) is 15.4. The largest absolute Gasteiger partial charge is 0.497 e. The second-order valence-corrected chi connectivity index (χ2v) is 6.38. The third-order valence-electron chi connectivity index (χ3n) is 3.04. The molecule has 1 amide bonds. The van der Waals surface area contributed by atoms with E-state index >= 15 is 0 Å². The molecule has 0 fully saturated rings. The molecule has 6 heteroatoms. The van der Waals surface area contributed by atoms with Crippen molar-refractivity contribution in [1.29, 1.82) is 0 Å². The predicted octanol–water partition coefficient (Wildman–Crippen LogP) is 3.10. The number of carbonyl (C=O) groups is 1. The summed E-state index contributed by atoms with van der Waals surface area (Å²) >= 11 is 7.28. The Kier molecular flexibility index (Phi) is 5.22. The van der Waals surface area contributed by atoms with Crippen LogP contribution in [-0.2, 0) is 11.3 Å². The smallest absolute Gasteiger partial charge is 0.256 e. The molecule has 1 heterocycles.